The van der Waals surface area contributed by atoms with Gasteiger partial charge in [0, 0.05) is 24.2 Å². The van der Waals surface area contributed by atoms with Crippen LogP contribution in [0.25, 0.3) is 0 Å². The summed E-state index contributed by atoms with van der Waals surface area (Å²) in [6.45, 7) is 5.49. The van der Waals surface area contributed by atoms with Gasteiger partial charge in [0.25, 0.3) is 5.91 Å². The molecule has 1 fully saturated rings. The minimum absolute atomic E-state index is 0.0188. The molecular formula is C16H19NO3. The van der Waals surface area contributed by atoms with Crippen LogP contribution in [0.2, 0.25) is 0 Å². The fraction of sp³-hybridized carbons (Fsp3) is 0.438. The molecule has 1 N–H and O–H groups in total. The van der Waals surface area contributed by atoms with E-state index in [1.54, 1.807) is 0 Å². The van der Waals surface area contributed by atoms with Crippen LogP contribution in [0.3, 0.4) is 0 Å². The smallest absolute Gasteiger partial charge is 0.254 e. The van der Waals surface area contributed by atoms with Crippen molar-refractivity contribution in [2.75, 3.05) is 26.3 Å². The Labute approximate surface area is 119 Å². The average Bonchev–Trinajstić information content (AvgIpc) is 2.45. The molecule has 1 aliphatic heterocycles. The molecule has 1 amide bonds. The van der Waals surface area contributed by atoms with Crippen LogP contribution in [0.5, 0.6) is 0 Å². The highest BCUT2D eigenvalue weighted by atomic mass is 16.5. The Kier molecular flexibility index (Phi) is 4.78. The van der Waals surface area contributed by atoms with Crippen molar-refractivity contribution in [2.24, 2.45) is 0 Å². The minimum atomic E-state index is -0.182. The number of hydrogen-bond acceptors (Lipinski definition) is 3. The number of benzene rings is 1. The molecule has 20 heavy (non-hydrogen) atoms. The lowest BCUT2D eigenvalue weighted by Gasteiger charge is -2.31. The molecule has 4 nitrogen and oxygen atoms in total. The molecule has 2 rings (SSSR count). The van der Waals surface area contributed by atoms with Gasteiger partial charge in [-0.2, -0.15) is 0 Å². The standard InChI is InChI=1S/C16H19NO3/c1-12-11-17(8-10-20-12)16(19)15-7-3-5-14(13(15)2)6-4-9-18/h3,5,7,12,18H,8-11H2,1-2H3. The van der Waals surface area contributed by atoms with E-state index in [0.717, 1.165) is 11.1 Å². The van der Waals surface area contributed by atoms with Gasteiger partial charge in [-0.05, 0) is 31.5 Å². The molecule has 1 unspecified atom stereocenters. The van der Waals surface area contributed by atoms with E-state index in [9.17, 15) is 4.79 Å². The summed E-state index contributed by atoms with van der Waals surface area (Å²) in [5, 5.41) is 8.77. The van der Waals surface area contributed by atoms with Crippen LogP contribution < -0.4 is 0 Å². The number of aliphatic hydroxyl groups is 1. The highest BCUT2D eigenvalue weighted by Crippen LogP contribution is 2.17. The molecule has 0 aromatic heterocycles. The molecule has 0 radical (unpaired) electrons. The second-order valence-corrected chi connectivity index (χ2v) is 4.87. The van der Waals surface area contributed by atoms with E-state index >= 15 is 0 Å². The van der Waals surface area contributed by atoms with Crippen molar-refractivity contribution in [2.45, 2.75) is 20.0 Å². The summed E-state index contributed by atoms with van der Waals surface area (Å²) in [6, 6.07) is 5.50. The number of carbonyl (C=O) groups excluding carboxylic acids is 1. The van der Waals surface area contributed by atoms with E-state index in [-0.39, 0.29) is 18.6 Å². The van der Waals surface area contributed by atoms with Crippen LogP contribution in [0.4, 0.5) is 0 Å². The number of hydrogen-bond donors (Lipinski definition) is 1. The van der Waals surface area contributed by atoms with E-state index in [2.05, 4.69) is 11.8 Å². The number of morpholine rings is 1. The van der Waals surface area contributed by atoms with Crippen molar-refractivity contribution in [3.63, 3.8) is 0 Å². The van der Waals surface area contributed by atoms with Gasteiger partial charge in [-0.3, -0.25) is 4.79 Å². The van der Waals surface area contributed by atoms with Gasteiger partial charge >= 0.3 is 0 Å². The Bertz CT molecular complexity index is 557. The maximum Gasteiger partial charge on any atom is 0.254 e. The van der Waals surface area contributed by atoms with Gasteiger partial charge in [0.1, 0.15) is 6.61 Å². The van der Waals surface area contributed by atoms with Crippen molar-refractivity contribution in [1.29, 1.82) is 0 Å². The van der Waals surface area contributed by atoms with E-state index in [4.69, 9.17) is 9.84 Å². The minimum Gasteiger partial charge on any atom is -0.384 e. The quantitative estimate of drug-likeness (QED) is 0.782. The number of rotatable bonds is 1. The fourth-order valence-electron chi connectivity index (χ4n) is 2.31. The lowest BCUT2D eigenvalue weighted by atomic mass is 10.0. The highest BCUT2D eigenvalue weighted by Gasteiger charge is 2.23. The van der Waals surface area contributed by atoms with Crippen molar-refractivity contribution < 1.29 is 14.6 Å². The first-order chi connectivity index (χ1) is 9.63. The molecule has 4 heteroatoms. The summed E-state index contributed by atoms with van der Waals surface area (Å²) in [5.41, 5.74) is 2.31. The summed E-state index contributed by atoms with van der Waals surface area (Å²) in [5.74, 6) is 5.51. The number of amides is 1. The molecule has 1 aromatic carbocycles. The Hall–Kier alpha value is -1.83. The van der Waals surface area contributed by atoms with Crippen LogP contribution in [-0.4, -0.2) is 48.3 Å². The summed E-state index contributed by atoms with van der Waals surface area (Å²) < 4.78 is 5.46. The number of nitrogens with zero attached hydrogens (tertiary/aromatic N) is 1. The third kappa shape index (κ3) is 3.19. The van der Waals surface area contributed by atoms with E-state index < -0.39 is 0 Å². The Morgan fingerprint density at radius 2 is 2.35 bits per heavy atom. The molecule has 1 atom stereocenters. The molecular weight excluding hydrogens is 254 g/mol. The molecule has 1 aliphatic rings. The van der Waals surface area contributed by atoms with Crippen molar-refractivity contribution in [1.82, 2.24) is 4.90 Å². The summed E-state index contributed by atoms with van der Waals surface area (Å²) in [4.78, 5) is 14.4. The van der Waals surface area contributed by atoms with Crippen LogP contribution in [0, 0.1) is 18.8 Å². The maximum atomic E-state index is 12.6. The summed E-state index contributed by atoms with van der Waals surface area (Å²) in [6.07, 6.45) is 0.0744. The average molecular weight is 273 g/mol. The summed E-state index contributed by atoms with van der Waals surface area (Å²) in [7, 11) is 0. The molecule has 0 spiro atoms. The number of aliphatic hydroxyl groups excluding tert-OH is 1. The molecule has 1 heterocycles. The van der Waals surface area contributed by atoms with Gasteiger partial charge in [0.15, 0.2) is 0 Å². The molecule has 1 aromatic rings. The monoisotopic (exact) mass is 273 g/mol. The largest absolute Gasteiger partial charge is 0.384 e. The van der Waals surface area contributed by atoms with E-state index in [0.29, 0.717) is 25.3 Å². The van der Waals surface area contributed by atoms with Crippen LogP contribution in [-0.2, 0) is 4.74 Å². The van der Waals surface area contributed by atoms with E-state index in [1.165, 1.54) is 0 Å². The summed E-state index contributed by atoms with van der Waals surface area (Å²) >= 11 is 0. The predicted molar refractivity (Wildman–Crippen MR) is 76.5 cm³/mol. The predicted octanol–water partition coefficient (Wildman–Crippen LogP) is 1.20. The third-order valence-corrected chi connectivity index (χ3v) is 3.39. The molecule has 0 bridgehead atoms. The Balaban J connectivity index is 2.26. The van der Waals surface area contributed by atoms with Gasteiger partial charge in [-0.25, -0.2) is 0 Å². The van der Waals surface area contributed by atoms with Gasteiger partial charge in [0.2, 0.25) is 0 Å². The van der Waals surface area contributed by atoms with Gasteiger partial charge in [-0.15, -0.1) is 0 Å². The number of carbonyl (C=O) groups is 1. The first kappa shape index (κ1) is 14.6. The SMILES string of the molecule is Cc1c(C#CCO)cccc1C(=O)N1CCOC(C)C1. The van der Waals surface area contributed by atoms with E-state index in [1.807, 2.05) is 36.9 Å². The molecule has 0 aliphatic carbocycles. The van der Waals surface area contributed by atoms with Crippen LogP contribution >= 0.6 is 0 Å². The lowest BCUT2D eigenvalue weighted by molar-refractivity contribution is -0.0124. The van der Waals surface area contributed by atoms with Crippen molar-refractivity contribution >= 4 is 5.91 Å². The zero-order valence-corrected chi connectivity index (χ0v) is 11.8. The zero-order valence-electron chi connectivity index (χ0n) is 11.8. The topological polar surface area (TPSA) is 49.8 Å². The van der Waals surface area contributed by atoms with Crippen molar-refractivity contribution in [3.05, 3.63) is 34.9 Å². The maximum absolute atomic E-state index is 12.6. The first-order valence-electron chi connectivity index (χ1n) is 6.73. The zero-order chi connectivity index (χ0) is 14.5. The Morgan fingerprint density at radius 1 is 1.55 bits per heavy atom. The second-order valence-electron chi connectivity index (χ2n) is 4.87. The Morgan fingerprint density at radius 3 is 3.05 bits per heavy atom. The third-order valence-electron chi connectivity index (χ3n) is 3.39. The molecule has 0 saturated carbocycles. The van der Waals surface area contributed by atoms with Gasteiger partial charge in [-0.1, -0.05) is 17.9 Å². The fourth-order valence-corrected chi connectivity index (χ4v) is 2.31. The highest BCUT2D eigenvalue weighted by molar-refractivity contribution is 5.96. The molecule has 1 saturated heterocycles. The lowest BCUT2D eigenvalue weighted by Crippen LogP contribution is -2.44. The van der Waals surface area contributed by atoms with Crippen LogP contribution in [0.15, 0.2) is 18.2 Å². The normalized spacial score (nSPS) is 18.4. The van der Waals surface area contributed by atoms with Crippen LogP contribution in [0.1, 0.15) is 28.4 Å². The van der Waals surface area contributed by atoms with Crippen molar-refractivity contribution in [3.8, 4) is 11.8 Å². The second kappa shape index (κ2) is 6.56. The first-order valence-corrected chi connectivity index (χ1v) is 6.73. The molecule has 106 valence electrons. The van der Waals surface area contributed by atoms with Gasteiger partial charge in [0.05, 0.1) is 12.7 Å². The number of ether oxygens (including phenoxy) is 1. The van der Waals surface area contributed by atoms with Gasteiger partial charge < -0.3 is 14.7 Å².